The van der Waals surface area contributed by atoms with Gasteiger partial charge in [0, 0.05) is 37.5 Å². The first-order valence-electron chi connectivity index (χ1n) is 7.35. The Morgan fingerprint density at radius 3 is 3.00 bits per heavy atom. The van der Waals surface area contributed by atoms with Crippen molar-refractivity contribution in [2.24, 2.45) is 10.9 Å². The van der Waals surface area contributed by atoms with Crippen molar-refractivity contribution in [3.05, 3.63) is 22.4 Å². The number of aliphatic imine (C=N–C) groups is 1. The van der Waals surface area contributed by atoms with E-state index in [1.807, 2.05) is 0 Å². The molecular weight excluding hydrogens is 270 g/mol. The summed E-state index contributed by atoms with van der Waals surface area (Å²) >= 11 is 1.80. The van der Waals surface area contributed by atoms with Crippen LogP contribution in [0.4, 0.5) is 0 Å². The van der Waals surface area contributed by atoms with Gasteiger partial charge in [-0.15, -0.1) is 11.3 Å². The second-order valence-corrected chi connectivity index (χ2v) is 6.29. The zero-order valence-corrected chi connectivity index (χ0v) is 13.2. The smallest absolute Gasteiger partial charge is 0.191 e. The van der Waals surface area contributed by atoms with E-state index in [2.05, 4.69) is 40.1 Å². The SMILES string of the molecule is CN=C(NCCOCC1CC1)NCC(C)c1cccs1. The third-order valence-electron chi connectivity index (χ3n) is 3.42. The minimum Gasteiger partial charge on any atom is -0.379 e. The number of nitrogens with zero attached hydrogens (tertiary/aromatic N) is 1. The lowest BCUT2D eigenvalue weighted by Gasteiger charge is -2.15. The summed E-state index contributed by atoms with van der Waals surface area (Å²) in [4.78, 5) is 5.63. The molecule has 0 saturated heterocycles. The van der Waals surface area contributed by atoms with E-state index in [4.69, 9.17) is 4.74 Å². The Hall–Kier alpha value is -1.07. The van der Waals surface area contributed by atoms with Crippen molar-refractivity contribution in [2.45, 2.75) is 25.7 Å². The average Bonchev–Trinajstić information content (AvgIpc) is 3.12. The highest BCUT2D eigenvalue weighted by Crippen LogP contribution is 2.28. The van der Waals surface area contributed by atoms with Crippen LogP contribution in [0, 0.1) is 5.92 Å². The molecule has 0 spiro atoms. The summed E-state index contributed by atoms with van der Waals surface area (Å²) in [5.74, 6) is 2.18. The zero-order chi connectivity index (χ0) is 14.2. The van der Waals surface area contributed by atoms with Crippen molar-refractivity contribution < 1.29 is 4.74 Å². The molecule has 1 aromatic rings. The molecule has 1 aromatic heterocycles. The van der Waals surface area contributed by atoms with Gasteiger partial charge >= 0.3 is 0 Å². The van der Waals surface area contributed by atoms with Gasteiger partial charge in [-0.3, -0.25) is 4.99 Å². The third kappa shape index (κ3) is 5.51. The number of rotatable bonds is 8. The van der Waals surface area contributed by atoms with Gasteiger partial charge in [-0.25, -0.2) is 0 Å². The Balaban J connectivity index is 1.57. The third-order valence-corrected chi connectivity index (χ3v) is 4.52. The van der Waals surface area contributed by atoms with Crippen LogP contribution in [0.15, 0.2) is 22.5 Å². The van der Waals surface area contributed by atoms with Crippen LogP contribution < -0.4 is 10.6 Å². The molecule has 112 valence electrons. The molecular formula is C15H25N3OS. The van der Waals surface area contributed by atoms with Crippen LogP contribution in [0.2, 0.25) is 0 Å². The van der Waals surface area contributed by atoms with Crippen LogP contribution in [-0.4, -0.2) is 39.3 Å². The molecule has 1 fully saturated rings. The Morgan fingerprint density at radius 2 is 2.35 bits per heavy atom. The van der Waals surface area contributed by atoms with Crippen LogP contribution in [0.5, 0.6) is 0 Å². The first-order chi connectivity index (χ1) is 9.79. The van der Waals surface area contributed by atoms with E-state index >= 15 is 0 Å². The standard InChI is InChI=1S/C15H25N3OS/c1-12(14-4-3-9-20-14)10-18-15(16-2)17-7-8-19-11-13-5-6-13/h3-4,9,12-13H,5-8,10-11H2,1-2H3,(H2,16,17,18). The molecule has 0 aliphatic heterocycles. The topological polar surface area (TPSA) is 45.7 Å². The fourth-order valence-electron chi connectivity index (χ4n) is 1.92. The van der Waals surface area contributed by atoms with Gasteiger partial charge in [0.2, 0.25) is 0 Å². The molecule has 0 aromatic carbocycles. The van der Waals surface area contributed by atoms with E-state index in [1.54, 1.807) is 18.4 Å². The molecule has 2 rings (SSSR count). The lowest BCUT2D eigenvalue weighted by molar-refractivity contribution is 0.129. The maximum Gasteiger partial charge on any atom is 0.191 e. The van der Waals surface area contributed by atoms with Crippen molar-refractivity contribution >= 4 is 17.3 Å². The van der Waals surface area contributed by atoms with Crippen LogP contribution in [0.1, 0.15) is 30.6 Å². The second-order valence-electron chi connectivity index (χ2n) is 5.31. The number of thiophene rings is 1. The summed E-state index contributed by atoms with van der Waals surface area (Å²) in [6.07, 6.45) is 2.69. The van der Waals surface area contributed by atoms with Crippen LogP contribution in [0.3, 0.4) is 0 Å². The van der Waals surface area contributed by atoms with Gasteiger partial charge in [-0.1, -0.05) is 13.0 Å². The second kappa shape index (κ2) is 8.27. The summed E-state index contributed by atoms with van der Waals surface area (Å²) in [5, 5.41) is 8.76. The van der Waals surface area contributed by atoms with Gasteiger partial charge in [-0.2, -0.15) is 0 Å². The summed E-state index contributed by atoms with van der Waals surface area (Å²) in [6.45, 7) is 5.59. The lowest BCUT2D eigenvalue weighted by Crippen LogP contribution is -2.40. The quantitative estimate of drug-likeness (QED) is 0.440. The van der Waals surface area contributed by atoms with Gasteiger partial charge in [-0.05, 0) is 30.2 Å². The molecule has 1 atom stereocenters. The molecule has 20 heavy (non-hydrogen) atoms. The van der Waals surface area contributed by atoms with Crippen molar-refractivity contribution in [3.63, 3.8) is 0 Å². The summed E-state index contributed by atoms with van der Waals surface area (Å²) < 4.78 is 5.59. The summed E-state index contributed by atoms with van der Waals surface area (Å²) in [6, 6.07) is 4.28. The van der Waals surface area contributed by atoms with Gasteiger partial charge in [0.1, 0.15) is 0 Å². The fourth-order valence-corrected chi connectivity index (χ4v) is 2.71. The lowest BCUT2D eigenvalue weighted by atomic mass is 10.1. The highest BCUT2D eigenvalue weighted by Gasteiger charge is 2.20. The molecule has 0 bridgehead atoms. The van der Waals surface area contributed by atoms with Crippen molar-refractivity contribution in [3.8, 4) is 0 Å². The van der Waals surface area contributed by atoms with Crippen LogP contribution in [-0.2, 0) is 4.74 Å². The molecule has 0 radical (unpaired) electrons. The predicted octanol–water partition coefficient (Wildman–Crippen LogP) is 2.44. The normalized spacial score (nSPS) is 17.0. The van der Waals surface area contributed by atoms with Crippen LogP contribution >= 0.6 is 11.3 Å². The predicted molar refractivity (Wildman–Crippen MR) is 85.6 cm³/mol. The number of ether oxygens (including phenoxy) is 1. The number of hydrogen-bond acceptors (Lipinski definition) is 3. The Labute approximate surface area is 125 Å². The van der Waals surface area contributed by atoms with Crippen molar-refractivity contribution in [1.29, 1.82) is 0 Å². The van der Waals surface area contributed by atoms with Crippen LogP contribution in [0.25, 0.3) is 0 Å². The van der Waals surface area contributed by atoms with Crippen molar-refractivity contribution in [2.75, 3.05) is 33.4 Å². The molecule has 0 amide bonds. The maximum absolute atomic E-state index is 5.59. The molecule has 4 nitrogen and oxygen atoms in total. The van der Waals surface area contributed by atoms with E-state index in [0.29, 0.717) is 5.92 Å². The molecule has 5 heteroatoms. The Kier molecular flexibility index (Phi) is 6.33. The molecule has 1 aliphatic rings. The zero-order valence-electron chi connectivity index (χ0n) is 12.4. The highest BCUT2D eigenvalue weighted by molar-refractivity contribution is 7.10. The molecule has 1 saturated carbocycles. The Morgan fingerprint density at radius 1 is 1.50 bits per heavy atom. The van der Waals surface area contributed by atoms with E-state index in [0.717, 1.165) is 38.2 Å². The number of guanidine groups is 1. The van der Waals surface area contributed by atoms with Crippen molar-refractivity contribution in [1.82, 2.24) is 10.6 Å². The van der Waals surface area contributed by atoms with E-state index in [1.165, 1.54) is 17.7 Å². The minimum absolute atomic E-state index is 0.500. The monoisotopic (exact) mass is 295 g/mol. The number of hydrogen-bond donors (Lipinski definition) is 2. The summed E-state index contributed by atoms with van der Waals surface area (Å²) in [7, 11) is 1.80. The van der Waals surface area contributed by atoms with E-state index in [9.17, 15) is 0 Å². The molecule has 1 heterocycles. The first kappa shape index (κ1) is 15.3. The molecule has 1 aliphatic carbocycles. The average molecular weight is 295 g/mol. The fraction of sp³-hybridized carbons (Fsp3) is 0.667. The first-order valence-corrected chi connectivity index (χ1v) is 8.23. The number of nitrogens with one attached hydrogen (secondary N) is 2. The van der Waals surface area contributed by atoms with E-state index < -0.39 is 0 Å². The van der Waals surface area contributed by atoms with Gasteiger partial charge in [0.25, 0.3) is 0 Å². The van der Waals surface area contributed by atoms with Gasteiger partial charge in [0.15, 0.2) is 5.96 Å². The maximum atomic E-state index is 5.59. The van der Waals surface area contributed by atoms with Gasteiger partial charge < -0.3 is 15.4 Å². The Bertz CT molecular complexity index is 401. The van der Waals surface area contributed by atoms with Gasteiger partial charge in [0.05, 0.1) is 6.61 Å². The molecule has 2 N–H and O–H groups in total. The van der Waals surface area contributed by atoms with E-state index in [-0.39, 0.29) is 0 Å². The minimum atomic E-state index is 0.500. The highest BCUT2D eigenvalue weighted by atomic mass is 32.1. The summed E-state index contributed by atoms with van der Waals surface area (Å²) in [5.41, 5.74) is 0. The molecule has 1 unspecified atom stereocenters. The largest absolute Gasteiger partial charge is 0.379 e.